The minimum atomic E-state index is -0.0688. The molecule has 140 valence electrons. The summed E-state index contributed by atoms with van der Waals surface area (Å²) >= 11 is 1.57. The number of carbonyl (C=O) groups excluding carboxylic acids is 1. The summed E-state index contributed by atoms with van der Waals surface area (Å²) < 4.78 is 1.98. The van der Waals surface area contributed by atoms with Crippen LogP contribution in [0.15, 0.2) is 48.1 Å². The summed E-state index contributed by atoms with van der Waals surface area (Å²) in [4.78, 5) is 24.1. The zero-order valence-corrected chi connectivity index (χ0v) is 16.2. The number of nitrogens with one attached hydrogen (secondary N) is 1. The average molecular weight is 382 g/mol. The van der Waals surface area contributed by atoms with Gasteiger partial charge in [0.2, 0.25) is 0 Å². The quantitative estimate of drug-likeness (QED) is 0.737. The number of piperazine rings is 1. The largest absolute Gasteiger partial charge is 0.336 e. The summed E-state index contributed by atoms with van der Waals surface area (Å²) in [7, 11) is 1.96. The lowest BCUT2D eigenvalue weighted by Gasteiger charge is -2.35. The van der Waals surface area contributed by atoms with Crippen LogP contribution in [-0.2, 0) is 19.9 Å². The van der Waals surface area contributed by atoms with Crippen molar-refractivity contribution in [2.45, 2.75) is 18.9 Å². The maximum absolute atomic E-state index is 13.1. The van der Waals surface area contributed by atoms with Crippen LogP contribution in [0.2, 0.25) is 0 Å². The van der Waals surface area contributed by atoms with E-state index in [1.807, 2.05) is 46.3 Å². The topological polar surface area (TPSA) is 63.1 Å². The Bertz CT molecular complexity index is 904. The monoisotopic (exact) mass is 381 g/mol. The molecule has 1 N–H and O–H groups in total. The van der Waals surface area contributed by atoms with Crippen molar-refractivity contribution in [1.29, 1.82) is 0 Å². The Labute approximate surface area is 162 Å². The Morgan fingerprint density at radius 1 is 1.30 bits per heavy atom. The van der Waals surface area contributed by atoms with Crippen molar-refractivity contribution >= 4 is 17.2 Å². The van der Waals surface area contributed by atoms with Crippen LogP contribution >= 0.6 is 11.3 Å². The Kier molecular flexibility index (Phi) is 5.31. The molecule has 1 fully saturated rings. The molecule has 4 rings (SSSR count). The van der Waals surface area contributed by atoms with E-state index in [2.05, 4.69) is 27.4 Å². The number of benzene rings is 1. The fourth-order valence-corrected chi connectivity index (χ4v) is 4.22. The molecule has 6 nitrogen and oxygen atoms in total. The van der Waals surface area contributed by atoms with Crippen molar-refractivity contribution in [2.75, 3.05) is 19.6 Å². The molecule has 1 unspecified atom stereocenters. The number of rotatable bonds is 5. The van der Waals surface area contributed by atoms with E-state index >= 15 is 0 Å². The number of nitrogens with zero attached hydrogens (tertiary/aromatic N) is 4. The second-order valence-corrected chi connectivity index (χ2v) is 7.67. The minimum Gasteiger partial charge on any atom is -0.336 e. The summed E-state index contributed by atoms with van der Waals surface area (Å²) in [5, 5.41) is 6.26. The zero-order valence-electron chi connectivity index (χ0n) is 15.3. The third kappa shape index (κ3) is 3.94. The van der Waals surface area contributed by atoms with Gasteiger partial charge in [0.15, 0.2) is 0 Å². The first-order valence-electron chi connectivity index (χ1n) is 9.19. The lowest BCUT2D eigenvalue weighted by atomic mass is 10.1. The molecule has 1 aliphatic heterocycles. The summed E-state index contributed by atoms with van der Waals surface area (Å²) in [6.45, 7) is 2.16. The maximum atomic E-state index is 13.1. The fourth-order valence-electron chi connectivity index (χ4n) is 3.44. The Balaban J connectivity index is 1.47. The fraction of sp³-hybridized carbons (Fsp3) is 0.350. The Morgan fingerprint density at radius 3 is 2.93 bits per heavy atom. The highest BCUT2D eigenvalue weighted by atomic mass is 32.1. The SMILES string of the molecule is Cn1ccnc1C1CNCCN1C(=O)c1csc(CCc2ccccc2)n1. The van der Waals surface area contributed by atoms with Crippen LogP contribution in [0.4, 0.5) is 0 Å². The highest BCUT2D eigenvalue weighted by molar-refractivity contribution is 7.09. The van der Waals surface area contributed by atoms with Gasteiger partial charge in [-0.3, -0.25) is 4.79 Å². The number of hydrogen-bond donors (Lipinski definition) is 1. The summed E-state index contributed by atoms with van der Waals surface area (Å²) in [6.07, 6.45) is 5.48. The molecule has 1 aromatic carbocycles. The van der Waals surface area contributed by atoms with E-state index in [-0.39, 0.29) is 11.9 Å². The standard InChI is InChI=1S/C20H23N5OS/c1-24-11-10-22-19(24)17-13-21-9-12-25(17)20(26)16-14-27-18(23-16)8-7-15-5-3-2-4-6-15/h2-6,10-11,14,17,21H,7-9,12-13H2,1H3. The molecular formula is C20H23N5OS. The van der Waals surface area contributed by atoms with Crippen LogP contribution in [0.25, 0.3) is 0 Å². The molecule has 1 amide bonds. The first-order valence-corrected chi connectivity index (χ1v) is 10.1. The van der Waals surface area contributed by atoms with E-state index < -0.39 is 0 Å². The summed E-state index contributed by atoms with van der Waals surface area (Å²) in [6, 6.07) is 10.3. The van der Waals surface area contributed by atoms with E-state index in [0.717, 1.165) is 30.2 Å². The normalized spacial score (nSPS) is 17.2. The van der Waals surface area contributed by atoms with E-state index in [0.29, 0.717) is 18.8 Å². The second-order valence-electron chi connectivity index (χ2n) is 6.73. The lowest BCUT2D eigenvalue weighted by molar-refractivity contribution is 0.0615. The van der Waals surface area contributed by atoms with Crippen molar-refractivity contribution in [1.82, 2.24) is 24.8 Å². The van der Waals surface area contributed by atoms with Gasteiger partial charge in [0, 0.05) is 50.9 Å². The molecule has 1 atom stereocenters. The summed E-state index contributed by atoms with van der Waals surface area (Å²) in [5.41, 5.74) is 1.83. The Hall–Kier alpha value is -2.51. The van der Waals surface area contributed by atoms with Gasteiger partial charge in [-0.25, -0.2) is 9.97 Å². The van der Waals surface area contributed by atoms with Gasteiger partial charge < -0.3 is 14.8 Å². The predicted octanol–water partition coefficient (Wildman–Crippen LogP) is 2.45. The summed E-state index contributed by atoms with van der Waals surface area (Å²) in [5.74, 6) is 0.891. The molecular weight excluding hydrogens is 358 g/mol. The lowest BCUT2D eigenvalue weighted by Crippen LogP contribution is -2.49. The molecule has 7 heteroatoms. The Morgan fingerprint density at radius 2 is 2.15 bits per heavy atom. The van der Waals surface area contributed by atoms with E-state index in [4.69, 9.17) is 0 Å². The van der Waals surface area contributed by atoms with Crippen molar-refractivity contribution in [3.63, 3.8) is 0 Å². The van der Waals surface area contributed by atoms with Gasteiger partial charge in [-0.1, -0.05) is 30.3 Å². The first-order chi connectivity index (χ1) is 13.2. The van der Waals surface area contributed by atoms with Crippen molar-refractivity contribution in [3.8, 4) is 0 Å². The molecule has 27 heavy (non-hydrogen) atoms. The van der Waals surface area contributed by atoms with Crippen molar-refractivity contribution in [2.24, 2.45) is 7.05 Å². The molecule has 2 aromatic heterocycles. The van der Waals surface area contributed by atoms with Crippen molar-refractivity contribution in [3.05, 3.63) is 70.2 Å². The van der Waals surface area contributed by atoms with E-state index in [9.17, 15) is 4.79 Å². The number of amides is 1. The minimum absolute atomic E-state index is 0.00767. The number of aromatic nitrogens is 3. The van der Waals surface area contributed by atoms with E-state index in [1.54, 1.807) is 17.5 Å². The third-order valence-electron chi connectivity index (χ3n) is 4.90. The zero-order chi connectivity index (χ0) is 18.6. The number of hydrogen-bond acceptors (Lipinski definition) is 5. The number of aryl methyl sites for hydroxylation is 3. The smallest absolute Gasteiger partial charge is 0.274 e. The molecule has 1 saturated heterocycles. The van der Waals surface area contributed by atoms with Crippen LogP contribution < -0.4 is 5.32 Å². The van der Waals surface area contributed by atoms with E-state index in [1.165, 1.54) is 5.56 Å². The van der Waals surface area contributed by atoms with Gasteiger partial charge in [0.25, 0.3) is 5.91 Å². The molecule has 3 aromatic rings. The second kappa shape index (κ2) is 8.02. The van der Waals surface area contributed by atoms with Crippen LogP contribution in [-0.4, -0.2) is 45.0 Å². The molecule has 3 heterocycles. The van der Waals surface area contributed by atoms with Crippen molar-refractivity contribution < 1.29 is 4.79 Å². The third-order valence-corrected chi connectivity index (χ3v) is 5.81. The predicted molar refractivity (Wildman–Crippen MR) is 106 cm³/mol. The van der Waals surface area contributed by atoms with Gasteiger partial charge >= 0.3 is 0 Å². The number of carbonyl (C=O) groups is 1. The highest BCUT2D eigenvalue weighted by Crippen LogP contribution is 2.23. The number of imidazole rings is 1. The van der Waals surface area contributed by atoms with Gasteiger partial charge in [0.1, 0.15) is 17.6 Å². The molecule has 0 aliphatic carbocycles. The highest BCUT2D eigenvalue weighted by Gasteiger charge is 2.32. The van der Waals surface area contributed by atoms with Crippen LogP contribution in [0.3, 0.4) is 0 Å². The van der Waals surface area contributed by atoms with Gasteiger partial charge in [-0.2, -0.15) is 0 Å². The van der Waals surface area contributed by atoms with Crippen LogP contribution in [0.1, 0.15) is 32.9 Å². The maximum Gasteiger partial charge on any atom is 0.274 e. The van der Waals surface area contributed by atoms with Crippen LogP contribution in [0, 0.1) is 0 Å². The van der Waals surface area contributed by atoms with Gasteiger partial charge in [0.05, 0.1) is 5.01 Å². The molecule has 0 spiro atoms. The average Bonchev–Trinajstić information content (AvgIpc) is 3.36. The first kappa shape index (κ1) is 17.9. The van der Waals surface area contributed by atoms with Crippen LogP contribution in [0.5, 0.6) is 0 Å². The molecule has 0 saturated carbocycles. The number of thiazole rings is 1. The molecule has 0 radical (unpaired) electrons. The molecule has 1 aliphatic rings. The van der Waals surface area contributed by atoms with Gasteiger partial charge in [-0.05, 0) is 12.0 Å². The van der Waals surface area contributed by atoms with Gasteiger partial charge in [-0.15, -0.1) is 11.3 Å². The molecule has 0 bridgehead atoms.